The Morgan fingerprint density at radius 2 is 1.80 bits per heavy atom. The van der Waals surface area contributed by atoms with Crippen molar-refractivity contribution >= 4 is 12.0 Å². The van der Waals surface area contributed by atoms with E-state index in [4.69, 9.17) is 5.73 Å². The number of hydrogen-bond acceptors (Lipinski definition) is 3. The molecule has 8 heteroatoms. The smallest absolute Gasteiger partial charge is 0.349 e. The first-order chi connectivity index (χ1) is 9.30. The van der Waals surface area contributed by atoms with Crippen LogP contribution in [0.4, 0.5) is 18.0 Å². The Balaban J connectivity index is 2.48. The van der Waals surface area contributed by atoms with Crippen LogP contribution in [0.5, 0.6) is 0 Å². The molecule has 0 saturated heterocycles. The molecule has 2 amide bonds. The number of aryl methyl sites for hydroxylation is 1. The largest absolute Gasteiger partial charge is 0.493 e. The summed E-state index contributed by atoms with van der Waals surface area (Å²) in [5.74, 6) is -2.48. The first kappa shape index (κ1) is 15.8. The minimum absolute atomic E-state index is 0.207. The summed E-state index contributed by atoms with van der Waals surface area (Å²) in [6, 6.07) is 7.85. The SMILES string of the molecule is NC(=O)N(CCCc1ccccc1)OC(=O)C(F)(F)F. The van der Waals surface area contributed by atoms with Crippen molar-refractivity contribution in [2.24, 2.45) is 5.73 Å². The Hall–Kier alpha value is -2.25. The van der Waals surface area contributed by atoms with Crippen molar-refractivity contribution in [3.8, 4) is 0 Å². The summed E-state index contributed by atoms with van der Waals surface area (Å²) in [6.07, 6.45) is -4.36. The van der Waals surface area contributed by atoms with Crippen LogP contribution in [0, 0.1) is 0 Å². The molecule has 0 aromatic heterocycles. The molecule has 1 rings (SSSR count). The lowest BCUT2D eigenvalue weighted by Crippen LogP contribution is -2.42. The van der Waals surface area contributed by atoms with Gasteiger partial charge in [0.25, 0.3) is 0 Å². The topological polar surface area (TPSA) is 72.6 Å². The van der Waals surface area contributed by atoms with Crippen molar-refractivity contribution in [2.75, 3.05) is 6.54 Å². The number of amides is 2. The van der Waals surface area contributed by atoms with E-state index in [0.717, 1.165) is 5.56 Å². The number of halogens is 3. The lowest BCUT2D eigenvalue weighted by atomic mass is 10.1. The van der Waals surface area contributed by atoms with E-state index < -0.39 is 18.2 Å². The number of carbonyl (C=O) groups excluding carboxylic acids is 2. The van der Waals surface area contributed by atoms with Crippen LogP contribution >= 0.6 is 0 Å². The molecule has 1 aromatic carbocycles. The molecule has 1 aromatic rings. The minimum Gasteiger partial charge on any atom is -0.349 e. The van der Waals surface area contributed by atoms with Gasteiger partial charge in [0.1, 0.15) is 0 Å². The zero-order valence-corrected chi connectivity index (χ0v) is 10.4. The second kappa shape index (κ2) is 6.78. The molecule has 110 valence electrons. The van der Waals surface area contributed by atoms with Crippen LogP contribution in [0.15, 0.2) is 30.3 Å². The fourth-order valence-electron chi connectivity index (χ4n) is 1.42. The van der Waals surface area contributed by atoms with E-state index >= 15 is 0 Å². The Labute approximate surface area is 113 Å². The highest BCUT2D eigenvalue weighted by atomic mass is 19.4. The standard InChI is InChI=1S/C12H13F3N2O3/c13-12(14,15)10(18)20-17(11(16)19)8-4-7-9-5-2-1-3-6-9/h1-3,5-6H,4,7-8H2,(H2,16,19). The third kappa shape index (κ3) is 5.17. The minimum atomic E-state index is -5.17. The lowest BCUT2D eigenvalue weighted by Gasteiger charge is -2.19. The number of urea groups is 1. The number of alkyl halides is 3. The maximum Gasteiger partial charge on any atom is 0.493 e. The number of primary amides is 1. The lowest BCUT2D eigenvalue weighted by molar-refractivity contribution is -0.227. The Kier molecular flexibility index (Phi) is 5.36. The van der Waals surface area contributed by atoms with Crippen molar-refractivity contribution in [2.45, 2.75) is 19.0 Å². The zero-order valence-electron chi connectivity index (χ0n) is 10.4. The first-order valence-electron chi connectivity index (χ1n) is 5.70. The van der Waals surface area contributed by atoms with Crippen LogP contribution in [-0.2, 0) is 16.1 Å². The molecule has 0 bridgehead atoms. The third-order valence-corrected chi connectivity index (χ3v) is 2.34. The van der Waals surface area contributed by atoms with E-state index in [1.807, 2.05) is 30.3 Å². The first-order valence-corrected chi connectivity index (χ1v) is 5.70. The highest BCUT2D eigenvalue weighted by Crippen LogP contribution is 2.17. The van der Waals surface area contributed by atoms with Gasteiger partial charge in [0.15, 0.2) is 0 Å². The van der Waals surface area contributed by atoms with E-state index in [1.165, 1.54) is 0 Å². The van der Waals surface area contributed by atoms with Crippen LogP contribution in [0.3, 0.4) is 0 Å². The molecule has 0 aliphatic heterocycles. The van der Waals surface area contributed by atoms with E-state index in [0.29, 0.717) is 12.8 Å². The third-order valence-electron chi connectivity index (χ3n) is 2.34. The van der Waals surface area contributed by atoms with Crippen molar-refractivity contribution in [1.29, 1.82) is 0 Å². The highest BCUT2D eigenvalue weighted by Gasteiger charge is 2.43. The fourth-order valence-corrected chi connectivity index (χ4v) is 1.42. The molecule has 0 saturated carbocycles. The molecule has 0 fully saturated rings. The average Bonchev–Trinajstić information content (AvgIpc) is 2.37. The van der Waals surface area contributed by atoms with Gasteiger partial charge >= 0.3 is 18.2 Å². The molecular formula is C12H13F3N2O3. The molecule has 0 aliphatic carbocycles. The van der Waals surface area contributed by atoms with Crippen LogP contribution in [0.25, 0.3) is 0 Å². The summed E-state index contributed by atoms with van der Waals surface area (Å²) in [6.45, 7) is -0.216. The second-order valence-corrected chi connectivity index (χ2v) is 3.91. The van der Waals surface area contributed by atoms with Crippen molar-refractivity contribution in [1.82, 2.24) is 5.06 Å². The predicted molar refractivity (Wildman–Crippen MR) is 63.2 cm³/mol. The molecule has 0 unspecified atom stereocenters. The summed E-state index contributed by atoms with van der Waals surface area (Å²) in [7, 11) is 0. The van der Waals surface area contributed by atoms with Crippen molar-refractivity contribution in [3.63, 3.8) is 0 Å². The monoisotopic (exact) mass is 290 g/mol. The van der Waals surface area contributed by atoms with Gasteiger partial charge in [-0.15, -0.1) is 0 Å². The summed E-state index contributed by atoms with van der Waals surface area (Å²) >= 11 is 0. The van der Waals surface area contributed by atoms with Crippen LogP contribution in [0.2, 0.25) is 0 Å². The molecule has 0 spiro atoms. The van der Waals surface area contributed by atoms with Crippen molar-refractivity contribution < 1.29 is 27.6 Å². The second-order valence-electron chi connectivity index (χ2n) is 3.91. The molecule has 0 atom stereocenters. The zero-order chi connectivity index (χ0) is 15.2. The number of rotatable bonds is 4. The van der Waals surface area contributed by atoms with Crippen LogP contribution in [-0.4, -0.2) is 29.8 Å². The summed E-state index contributed by atoms with van der Waals surface area (Å²) < 4.78 is 36.0. The number of hydroxylamine groups is 2. The fraction of sp³-hybridized carbons (Fsp3) is 0.333. The molecule has 20 heavy (non-hydrogen) atoms. The van der Waals surface area contributed by atoms with E-state index in [2.05, 4.69) is 4.84 Å². The van der Waals surface area contributed by atoms with Gasteiger partial charge in [-0.25, -0.2) is 9.59 Å². The molecule has 5 nitrogen and oxygen atoms in total. The van der Waals surface area contributed by atoms with Gasteiger partial charge in [-0.1, -0.05) is 30.3 Å². The quantitative estimate of drug-likeness (QED) is 0.862. The van der Waals surface area contributed by atoms with Crippen LogP contribution < -0.4 is 5.73 Å². The summed E-state index contributed by atoms with van der Waals surface area (Å²) in [5.41, 5.74) is 5.79. The maximum atomic E-state index is 12.0. The normalized spacial score (nSPS) is 10.9. The van der Waals surface area contributed by atoms with Gasteiger partial charge in [0.2, 0.25) is 0 Å². The Morgan fingerprint density at radius 3 is 2.30 bits per heavy atom. The van der Waals surface area contributed by atoms with Crippen LogP contribution in [0.1, 0.15) is 12.0 Å². The van der Waals surface area contributed by atoms with E-state index in [9.17, 15) is 22.8 Å². The molecule has 0 radical (unpaired) electrons. The predicted octanol–water partition coefficient (Wildman–Crippen LogP) is 2.02. The average molecular weight is 290 g/mol. The van der Waals surface area contributed by atoms with Gasteiger partial charge in [0, 0.05) is 0 Å². The van der Waals surface area contributed by atoms with Gasteiger partial charge in [0.05, 0.1) is 6.54 Å². The van der Waals surface area contributed by atoms with Gasteiger partial charge in [-0.05, 0) is 18.4 Å². The molecule has 0 aliphatic rings. The highest BCUT2D eigenvalue weighted by molar-refractivity contribution is 5.78. The number of nitrogens with zero attached hydrogens (tertiary/aromatic N) is 1. The maximum absolute atomic E-state index is 12.0. The number of benzene rings is 1. The Bertz CT molecular complexity index is 463. The molecular weight excluding hydrogens is 277 g/mol. The van der Waals surface area contributed by atoms with Gasteiger partial charge < -0.3 is 10.6 Å². The van der Waals surface area contributed by atoms with Crippen molar-refractivity contribution in [3.05, 3.63) is 35.9 Å². The molecule has 0 heterocycles. The summed E-state index contributed by atoms with van der Waals surface area (Å²) in [5, 5.41) is 0.207. The number of carbonyl (C=O) groups is 2. The number of hydrogen-bond donors (Lipinski definition) is 1. The van der Waals surface area contributed by atoms with E-state index in [-0.39, 0.29) is 11.6 Å². The van der Waals surface area contributed by atoms with Gasteiger partial charge in [-0.3, -0.25) is 0 Å². The number of nitrogens with two attached hydrogens (primary N) is 1. The molecule has 2 N–H and O–H groups in total. The Morgan fingerprint density at radius 1 is 1.20 bits per heavy atom. The summed E-state index contributed by atoms with van der Waals surface area (Å²) in [4.78, 5) is 25.4. The van der Waals surface area contributed by atoms with Gasteiger partial charge in [-0.2, -0.15) is 18.2 Å². The van der Waals surface area contributed by atoms with E-state index in [1.54, 1.807) is 0 Å².